The van der Waals surface area contributed by atoms with Gasteiger partial charge in [0.05, 0.1) is 13.3 Å². The maximum Gasteiger partial charge on any atom is 0.249 e. The average molecular weight is 293 g/mol. The van der Waals surface area contributed by atoms with E-state index in [-0.39, 0.29) is 24.1 Å². The van der Waals surface area contributed by atoms with Gasteiger partial charge in [-0.25, -0.2) is 5.43 Å². The van der Waals surface area contributed by atoms with E-state index < -0.39 is 5.91 Å². The van der Waals surface area contributed by atoms with Crippen molar-refractivity contribution in [1.82, 2.24) is 10.7 Å². The van der Waals surface area contributed by atoms with Crippen molar-refractivity contribution in [3.05, 3.63) is 23.8 Å². The van der Waals surface area contributed by atoms with Crippen LogP contribution in [0.25, 0.3) is 0 Å². The van der Waals surface area contributed by atoms with Gasteiger partial charge in [0.25, 0.3) is 0 Å². The number of nitrogens with one attached hydrogen (secondary N) is 2. The Morgan fingerprint density at radius 1 is 1.38 bits per heavy atom. The maximum absolute atomic E-state index is 11.5. The minimum atomic E-state index is -0.504. The molecule has 0 saturated heterocycles. The molecule has 2 amide bonds. The number of carbonyl (C=O) groups excluding carboxylic acids is 2. The van der Waals surface area contributed by atoms with Crippen LogP contribution in [0, 0.1) is 0 Å². The molecule has 0 aliphatic rings. The number of aromatic hydroxyl groups is 1. The van der Waals surface area contributed by atoms with Crippen LogP contribution in [0.1, 0.15) is 25.8 Å². The van der Waals surface area contributed by atoms with Crippen molar-refractivity contribution >= 4 is 18.0 Å². The van der Waals surface area contributed by atoms with Gasteiger partial charge in [0.2, 0.25) is 11.8 Å². The fourth-order valence-corrected chi connectivity index (χ4v) is 1.51. The lowest BCUT2D eigenvalue weighted by Gasteiger charge is -2.07. The zero-order chi connectivity index (χ0) is 15.8. The SMILES string of the molecule is COc1cc(C=NNC(=O)CC(=O)NC(C)C)ccc1O. The van der Waals surface area contributed by atoms with Crippen molar-refractivity contribution in [2.24, 2.45) is 5.10 Å². The second-order valence-corrected chi connectivity index (χ2v) is 4.62. The molecule has 1 aromatic carbocycles. The Balaban J connectivity index is 2.51. The molecule has 7 heteroatoms. The second-order valence-electron chi connectivity index (χ2n) is 4.62. The van der Waals surface area contributed by atoms with E-state index >= 15 is 0 Å². The third-order valence-corrected chi connectivity index (χ3v) is 2.38. The molecule has 7 nitrogen and oxygen atoms in total. The quantitative estimate of drug-likeness (QED) is 0.409. The molecule has 1 rings (SSSR count). The molecule has 0 radical (unpaired) electrons. The Bertz CT molecular complexity index is 541. The van der Waals surface area contributed by atoms with Crippen molar-refractivity contribution in [3.63, 3.8) is 0 Å². The normalized spacial score (nSPS) is 10.7. The predicted octanol–water partition coefficient (Wildman–Crippen LogP) is 0.766. The number of rotatable bonds is 6. The van der Waals surface area contributed by atoms with Crippen LogP contribution in [0.5, 0.6) is 11.5 Å². The summed E-state index contributed by atoms with van der Waals surface area (Å²) in [4.78, 5) is 22.8. The number of phenolic OH excluding ortho intramolecular Hbond substituents is 1. The number of amides is 2. The molecule has 0 unspecified atom stereocenters. The van der Waals surface area contributed by atoms with E-state index in [1.54, 1.807) is 12.1 Å². The second kappa shape index (κ2) is 7.88. The Kier molecular flexibility index (Phi) is 6.19. The molecular weight excluding hydrogens is 274 g/mol. The van der Waals surface area contributed by atoms with E-state index in [1.807, 2.05) is 13.8 Å². The summed E-state index contributed by atoms with van der Waals surface area (Å²) in [6, 6.07) is 4.62. The van der Waals surface area contributed by atoms with E-state index in [1.165, 1.54) is 19.4 Å². The average Bonchev–Trinajstić information content (AvgIpc) is 2.39. The lowest BCUT2D eigenvalue weighted by atomic mass is 10.2. The van der Waals surface area contributed by atoms with Gasteiger partial charge >= 0.3 is 0 Å². The molecule has 0 aliphatic heterocycles. The van der Waals surface area contributed by atoms with Crippen LogP contribution >= 0.6 is 0 Å². The topological polar surface area (TPSA) is 100 Å². The van der Waals surface area contributed by atoms with Crippen molar-refractivity contribution in [2.75, 3.05) is 7.11 Å². The van der Waals surface area contributed by atoms with Crippen LogP contribution in [0.2, 0.25) is 0 Å². The maximum atomic E-state index is 11.5. The van der Waals surface area contributed by atoms with E-state index in [9.17, 15) is 14.7 Å². The zero-order valence-corrected chi connectivity index (χ0v) is 12.2. The number of ether oxygens (including phenoxy) is 1. The third kappa shape index (κ3) is 5.94. The number of hydrogen-bond donors (Lipinski definition) is 3. The molecule has 114 valence electrons. The third-order valence-electron chi connectivity index (χ3n) is 2.38. The first-order chi connectivity index (χ1) is 9.92. The molecule has 0 aromatic heterocycles. The largest absolute Gasteiger partial charge is 0.504 e. The summed E-state index contributed by atoms with van der Waals surface area (Å²) in [5.41, 5.74) is 2.89. The molecule has 21 heavy (non-hydrogen) atoms. The molecule has 1 aromatic rings. The summed E-state index contributed by atoms with van der Waals surface area (Å²) in [5, 5.41) is 15.8. The molecule has 0 heterocycles. The summed E-state index contributed by atoms with van der Waals surface area (Å²) in [5.74, 6) is -0.537. The fourth-order valence-electron chi connectivity index (χ4n) is 1.51. The van der Waals surface area contributed by atoms with Gasteiger partial charge < -0.3 is 15.2 Å². The van der Waals surface area contributed by atoms with Gasteiger partial charge in [-0.05, 0) is 37.6 Å². The van der Waals surface area contributed by atoms with Gasteiger partial charge in [-0.15, -0.1) is 0 Å². The van der Waals surface area contributed by atoms with E-state index in [0.717, 1.165) is 0 Å². The molecule has 0 atom stereocenters. The van der Waals surface area contributed by atoms with Gasteiger partial charge in [-0.1, -0.05) is 0 Å². The number of carbonyl (C=O) groups is 2. The van der Waals surface area contributed by atoms with E-state index in [4.69, 9.17) is 4.74 Å². The van der Waals surface area contributed by atoms with Crippen molar-refractivity contribution < 1.29 is 19.4 Å². The van der Waals surface area contributed by atoms with Crippen molar-refractivity contribution in [3.8, 4) is 11.5 Å². The Hall–Kier alpha value is -2.57. The lowest BCUT2D eigenvalue weighted by molar-refractivity contribution is -0.129. The monoisotopic (exact) mass is 293 g/mol. The highest BCUT2D eigenvalue weighted by molar-refractivity contribution is 5.97. The molecule has 0 aliphatic carbocycles. The van der Waals surface area contributed by atoms with Crippen LogP contribution in [0.4, 0.5) is 0 Å². The minimum absolute atomic E-state index is 0.0155. The van der Waals surface area contributed by atoms with E-state index in [0.29, 0.717) is 11.3 Å². The highest BCUT2D eigenvalue weighted by Gasteiger charge is 2.09. The lowest BCUT2D eigenvalue weighted by Crippen LogP contribution is -2.34. The summed E-state index contributed by atoms with van der Waals surface area (Å²) < 4.78 is 4.95. The van der Waals surface area contributed by atoms with Crippen molar-refractivity contribution in [2.45, 2.75) is 26.3 Å². The van der Waals surface area contributed by atoms with Crippen LogP contribution in [0.3, 0.4) is 0 Å². The summed E-state index contributed by atoms with van der Waals surface area (Å²) in [6.45, 7) is 3.62. The summed E-state index contributed by atoms with van der Waals surface area (Å²) in [6.07, 6.45) is 1.11. The van der Waals surface area contributed by atoms with Crippen LogP contribution in [-0.4, -0.2) is 36.3 Å². The van der Waals surface area contributed by atoms with Gasteiger partial charge in [0, 0.05) is 6.04 Å². The molecule has 3 N–H and O–H groups in total. The minimum Gasteiger partial charge on any atom is -0.504 e. The molecule has 0 spiro atoms. The van der Waals surface area contributed by atoms with Gasteiger partial charge in [-0.3, -0.25) is 9.59 Å². The molecule has 0 bridgehead atoms. The molecule has 0 saturated carbocycles. The smallest absolute Gasteiger partial charge is 0.249 e. The van der Waals surface area contributed by atoms with Gasteiger partial charge in [0.15, 0.2) is 11.5 Å². The fraction of sp³-hybridized carbons (Fsp3) is 0.357. The number of nitrogens with zero attached hydrogens (tertiary/aromatic N) is 1. The number of hydrogen-bond acceptors (Lipinski definition) is 5. The number of hydrazone groups is 1. The first-order valence-corrected chi connectivity index (χ1v) is 6.40. The van der Waals surface area contributed by atoms with Crippen LogP contribution < -0.4 is 15.5 Å². The number of benzene rings is 1. The van der Waals surface area contributed by atoms with Crippen LogP contribution in [0.15, 0.2) is 23.3 Å². The first-order valence-electron chi connectivity index (χ1n) is 6.40. The molecular formula is C14H19N3O4. The summed E-state index contributed by atoms with van der Waals surface area (Å²) in [7, 11) is 1.44. The zero-order valence-electron chi connectivity index (χ0n) is 12.2. The Morgan fingerprint density at radius 3 is 2.71 bits per heavy atom. The summed E-state index contributed by atoms with van der Waals surface area (Å²) >= 11 is 0. The van der Waals surface area contributed by atoms with Gasteiger partial charge in [0.1, 0.15) is 6.42 Å². The Labute approximate surface area is 123 Å². The Morgan fingerprint density at radius 2 is 2.10 bits per heavy atom. The van der Waals surface area contributed by atoms with Gasteiger partial charge in [-0.2, -0.15) is 5.10 Å². The predicted molar refractivity (Wildman–Crippen MR) is 78.3 cm³/mol. The number of methoxy groups -OCH3 is 1. The van der Waals surface area contributed by atoms with Crippen LogP contribution in [-0.2, 0) is 9.59 Å². The van der Waals surface area contributed by atoms with Crippen molar-refractivity contribution in [1.29, 1.82) is 0 Å². The standard InChI is InChI=1S/C14H19N3O4/c1-9(2)16-13(19)7-14(20)17-15-8-10-4-5-11(18)12(6-10)21-3/h4-6,8-9,18H,7H2,1-3H3,(H,16,19)(H,17,20). The highest BCUT2D eigenvalue weighted by atomic mass is 16.5. The highest BCUT2D eigenvalue weighted by Crippen LogP contribution is 2.25. The van der Waals surface area contributed by atoms with E-state index in [2.05, 4.69) is 15.8 Å². The first kappa shape index (κ1) is 16.5. The molecule has 0 fully saturated rings. The number of phenols is 1.